The summed E-state index contributed by atoms with van der Waals surface area (Å²) in [6.07, 6.45) is 5.33. The van der Waals surface area contributed by atoms with Crippen LogP contribution in [0.3, 0.4) is 0 Å². The van der Waals surface area contributed by atoms with Crippen molar-refractivity contribution in [2.45, 2.75) is 18.9 Å². The van der Waals surface area contributed by atoms with E-state index in [1.54, 1.807) is 11.0 Å². The molecule has 1 fully saturated rings. The highest BCUT2D eigenvalue weighted by atomic mass is 16.4. The Morgan fingerprint density at radius 1 is 1.26 bits per heavy atom. The zero-order chi connectivity index (χ0) is 13.4. The molecule has 4 nitrogen and oxygen atoms in total. The fourth-order valence-electron chi connectivity index (χ4n) is 2.83. The Bertz CT molecular complexity index is 564. The van der Waals surface area contributed by atoms with Crippen molar-refractivity contribution in [1.82, 2.24) is 4.90 Å². The number of hydrogen-bond donors (Lipinski definition) is 1. The van der Waals surface area contributed by atoms with Crippen LogP contribution in [0.1, 0.15) is 28.8 Å². The summed E-state index contributed by atoms with van der Waals surface area (Å²) in [5, 5.41) is 9.12. The van der Waals surface area contributed by atoms with Crippen LogP contribution in [0.15, 0.2) is 30.3 Å². The zero-order valence-corrected chi connectivity index (χ0v) is 10.5. The molecule has 1 aromatic carbocycles. The van der Waals surface area contributed by atoms with Crippen molar-refractivity contribution in [1.29, 1.82) is 0 Å². The number of rotatable bonds is 1. The lowest BCUT2D eigenvalue weighted by Gasteiger charge is -2.36. The van der Waals surface area contributed by atoms with E-state index in [1.165, 1.54) is 0 Å². The van der Waals surface area contributed by atoms with Crippen molar-refractivity contribution in [3.8, 4) is 0 Å². The molecule has 1 aromatic rings. The summed E-state index contributed by atoms with van der Waals surface area (Å²) >= 11 is 0. The summed E-state index contributed by atoms with van der Waals surface area (Å²) in [5.74, 6) is -1.32. The van der Waals surface area contributed by atoms with E-state index in [9.17, 15) is 9.59 Å². The van der Waals surface area contributed by atoms with Crippen molar-refractivity contribution in [2.24, 2.45) is 5.92 Å². The molecule has 98 valence electrons. The smallest absolute Gasteiger partial charge is 0.308 e. The van der Waals surface area contributed by atoms with Gasteiger partial charge in [-0.15, -0.1) is 0 Å². The number of carboxylic acids is 1. The molecule has 3 rings (SSSR count). The van der Waals surface area contributed by atoms with Crippen molar-refractivity contribution in [3.05, 3.63) is 41.5 Å². The number of piperidine rings is 1. The van der Waals surface area contributed by atoms with E-state index in [0.717, 1.165) is 5.56 Å². The van der Waals surface area contributed by atoms with Gasteiger partial charge in [-0.05, 0) is 24.5 Å². The minimum atomic E-state index is -0.812. The molecule has 1 N–H and O–H groups in total. The van der Waals surface area contributed by atoms with Crippen LogP contribution in [0.25, 0.3) is 6.08 Å². The van der Waals surface area contributed by atoms with Gasteiger partial charge in [0.25, 0.3) is 5.91 Å². The van der Waals surface area contributed by atoms with Gasteiger partial charge in [0.2, 0.25) is 0 Å². The third-order valence-corrected chi connectivity index (χ3v) is 3.93. The van der Waals surface area contributed by atoms with Gasteiger partial charge in [-0.3, -0.25) is 9.59 Å². The van der Waals surface area contributed by atoms with Crippen molar-refractivity contribution in [2.75, 3.05) is 6.54 Å². The molecule has 0 aromatic heterocycles. The first-order chi connectivity index (χ1) is 9.16. The highest BCUT2D eigenvalue weighted by molar-refractivity contribution is 5.99. The average Bonchev–Trinajstić information content (AvgIpc) is 2.57. The fourth-order valence-corrected chi connectivity index (χ4v) is 2.83. The summed E-state index contributed by atoms with van der Waals surface area (Å²) in [5.41, 5.74) is 1.57. The first-order valence-electron chi connectivity index (χ1n) is 6.48. The van der Waals surface area contributed by atoms with Crippen molar-refractivity contribution >= 4 is 18.0 Å². The number of carbonyl (C=O) groups is 2. The normalized spacial score (nSPS) is 25.5. The Balaban J connectivity index is 1.96. The first kappa shape index (κ1) is 12.0. The molecular weight excluding hydrogens is 242 g/mol. The minimum absolute atomic E-state index is 0.0236. The Hall–Kier alpha value is -2.10. The molecule has 0 unspecified atom stereocenters. The van der Waals surface area contributed by atoms with Crippen LogP contribution in [0.5, 0.6) is 0 Å². The maximum Gasteiger partial charge on any atom is 0.308 e. The largest absolute Gasteiger partial charge is 0.481 e. The fraction of sp³-hybridized carbons (Fsp3) is 0.333. The summed E-state index contributed by atoms with van der Waals surface area (Å²) in [6, 6.07) is 7.48. The number of fused-ring (bicyclic) bond motifs is 2. The van der Waals surface area contributed by atoms with E-state index in [2.05, 4.69) is 0 Å². The quantitative estimate of drug-likeness (QED) is 0.837. The summed E-state index contributed by atoms with van der Waals surface area (Å²) in [7, 11) is 0. The van der Waals surface area contributed by atoms with Gasteiger partial charge in [-0.1, -0.05) is 30.4 Å². The van der Waals surface area contributed by atoms with Crippen LogP contribution in [-0.2, 0) is 4.79 Å². The van der Waals surface area contributed by atoms with Gasteiger partial charge in [-0.2, -0.15) is 0 Å². The van der Waals surface area contributed by atoms with E-state index >= 15 is 0 Å². The topological polar surface area (TPSA) is 57.6 Å². The second-order valence-electron chi connectivity index (χ2n) is 5.08. The van der Waals surface area contributed by atoms with Gasteiger partial charge < -0.3 is 10.0 Å². The van der Waals surface area contributed by atoms with Gasteiger partial charge in [0.15, 0.2) is 0 Å². The zero-order valence-electron chi connectivity index (χ0n) is 10.5. The molecular formula is C15H15NO3. The molecule has 2 heterocycles. The second-order valence-corrected chi connectivity index (χ2v) is 5.08. The Morgan fingerprint density at radius 2 is 2.05 bits per heavy atom. The molecule has 0 aliphatic carbocycles. The molecule has 1 saturated heterocycles. The van der Waals surface area contributed by atoms with Gasteiger partial charge in [0.05, 0.1) is 12.0 Å². The molecule has 2 aliphatic heterocycles. The average molecular weight is 257 g/mol. The van der Waals surface area contributed by atoms with Crippen LogP contribution in [0.4, 0.5) is 0 Å². The lowest BCUT2D eigenvalue weighted by atomic mass is 9.92. The molecule has 2 aliphatic rings. The van der Waals surface area contributed by atoms with Crippen LogP contribution in [0.2, 0.25) is 0 Å². The van der Waals surface area contributed by atoms with E-state index in [-0.39, 0.29) is 11.9 Å². The third kappa shape index (κ3) is 2.03. The highest BCUT2D eigenvalue weighted by Crippen LogP contribution is 2.29. The predicted octanol–water partition coefficient (Wildman–Crippen LogP) is 2.02. The lowest BCUT2D eigenvalue weighted by molar-refractivity contribution is -0.143. The van der Waals surface area contributed by atoms with Gasteiger partial charge in [0.1, 0.15) is 0 Å². The number of carbonyl (C=O) groups excluding carboxylic acids is 1. The number of hydrogen-bond acceptors (Lipinski definition) is 2. The van der Waals surface area contributed by atoms with Crippen LogP contribution < -0.4 is 0 Å². The molecule has 1 amide bonds. The molecule has 4 heteroatoms. The molecule has 0 radical (unpaired) electrons. The summed E-state index contributed by atoms with van der Waals surface area (Å²) < 4.78 is 0. The first-order valence-corrected chi connectivity index (χ1v) is 6.48. The van der Waals surface area contributed by atoms with E-state index in [4.69, 9.17) is 5.11 Å². The van der Waals surface area contributed by atoms with Crippen LogP contribution >= 0.6 is 0 Å². The molecule has 2 atom stereocenters. The number of nitrogens with zero attached hydrogens (tertiary/aromatic N) is 1. The Kier molecular flexibility index (Phi) is 2.85. The van der Waals surface area contributed by atoms with E-state index in [1.807, 2.05) is 30.4 Å². The van der Waals surface area contributed by atoms with E-state index in [0.29, 0.717) is 24.9 Å². The van der Waals surface area contributed by atoms with Crippen molar-refractivity contribution < 1.29 is 14.7 Å². The highest BCUT2D eigenvalue weighted by Gasteiger charge is 2.35. The van der Waals surface area contributed by atoms with Crippen LogP contribution in [0, 0.1) is 5.92 Å². The standard InChI is InChI=1S/C15H15NO3/c17-14-13-4-2-1-3-10(13)5-7-12-8-6-11(15(18)19)9-16(12)14/h1-5,7,11-12H,6,8-9H2,(H,18,19)/t11-,12-/m0/s1. The van der Waals surface area contributed by atoms with Gasteiger partial charge >= 0.3 is 5.97 Å². The number of carboxylic acid groups (broad SMARTS) is 1. The molecule has 0 spiro atoms. The Morgan fingerprint density at radius 3 is 2.84 bits per heavy atom. The summed E-state index contributed by atoms with van der Waals surface area (Å²) in [6.45, 7) is 0.303. The molecule has 0 saturated carbocycles. The van der Waals surface area contributed by atoms with E-state index < -0.39 is 11.9 Å². The maximum absolute atomic E-state index is 12.5. The van der Waals surface area contributed by atoms with Crippen molar-refractivity contribution in [3.63, 3.8) is 0 Å². The minimum Gasteiger partial charge on any atom is -0.481 e. The number of aliphatic carboxylic acids is 1. The Labute approximate surface area is 111 Å². The van der Waals surface area contributed by atoms with Gasteiger partial charge in [-0.25, -0.2) is 0 Å². The number of benzene rings is 1. The van der Waals surface area contributed by atoms with Crippen LogP contribution in [-0.4, -0.2) is 34.5 Å². The maximum atomic E-state index is 12.5. The van der Waals surface area contributed by atoms with Gasteiger partial charge in [0, 0.05) is 12.1 Å². The molecule has 0 bridgehead atoms. The second kappa shape index (κ2) is 4.53. The third-order valence-electron chi connectivity index (χ3n) is 3.93. The number of amides is 1. The predicted molar refractivity (Wildman–Crippen MR) is 70.7 cm³/mol. The lowest BCUT2D eigenvalue weighted by Crippen LogP contribution is -2.47. The monoisotopic (exact) mass is 257 g/mol. The molecule has 19 heavy (non-hydrogen) atoms. The SMILES string of the molecule is O=C(O)[C@H]1CC[C@@H]2C=Cc3ccccc3C(=O)N2C1. The summed E-state index contributed by atoms with van der Waals surface area (Å²) in [4.78, 5) is 25.3.